The summed E-state index contributed by atoms with van der Waals surface area (Å²) in [4.78, 5) is 27.2. The number of rotatable bonds is 6. The van der Waals surface area contributed by atoms with Gasteiger partial charge in [-0.3, -0.25) is 9.59 Å². The molecule has 146 valence electrons. The Kier molecular flexibility index (Phi) is 7.90. The molecule has 2 aromatic rings. The van der Waals surface area contributed by atoms with Crippen molar-refractivity contribution in [2.45, 2.75) is 32.4 Å². The third kappa shape index (κ3) is 5.12. The van der Waals surface area contributed by atoms with Crippen molar-refractivity contribution in [2.75, 3.05) is 19.6 Å². The zero-order chi connectivity index (χ0) is 18.5. The van der Waals surface area contributed by atoms with Gasteiger partial charge in [-0.05, 0) is 37.1 Å². The number of nitrogens with one attached hydrogen (secondary N) is 1. The number of aromatic nitrogens is 1. The van der Waals surface area contributed by atoms with E-state index in [-0.39, 0.29) is 29.9 Å². The smallest absolute Gasteiger partial charge is 0.255 e. The largest absolute Gasteiger partial charge is 0.334 e. The average molecular weight is 410 g/mol. The topological polar surface area (TPSA) is 54.3 Å². The first-order valence-corrected chi connectivity index (χ1v) is 9.43. The zero-order valence-electron chi connectivity index (χ0n) is 15.4. The van der Waals surface area contributed by atoms with Gasteiger partial charge >= 0.3 is 0 Å². The monoisotopic (exact) mass is 409 g/mol. The van der Waals surface area contributed by atoms with Gasteiger partial charge < -0.3 is 14.8 Å². The molecule has 2 heterocycles. The molecule has 1 amide bonds. The van der Waals surface area contributed by atoms with Crippen LogP contribution in [-0.4, -0.2) is 41.1 Å². The number of hydrogen-bond acceptors (Lipinski definition) is 3. The zero-order valence-corrected chi connectivity index (χ0v) is 16.9. The van der Waals surface area contributed by atoms with E-state index in [9.17, 15) is 9.59 Å². The Morgan fingerprint density at radius 2 is 2.07 bits per heavy atom. The molecule has 1 unspecified atom stereocenters. The second kappa shape index (κ2) is 9.93. The summed E-state index contributed by atoms with van der Waals surface area (Å²) in [5.41, 5.74) is 1.24. The van der Waals surface area contributed by atoms with Gasteiger partial charge in [-0.1, -0.05) is 36.7 Å². The van der Waals surface area contributed by atoms with Crippen LogP contribution in [0.2, 0.25) is 5.02 Å². The van der Waals surface area contributed by atoms with Crippen LogP contribution in [0.15, 0.2) is 47.4 Å². The van der Waals surface area contributed by atoms with Crippen molar-refractivity contribution in [1.82, 2.24) is 14.8 Å². The molecule has 1 aliphatic heterocycles. The summed E-state index contributed by atoms with van der Waals surface area (Å²) >= 11 is 6.21. The maximum atomic E-state index is 13.1. The van der Waals surface area contributed by atoms with Gasteiger partial charge in [-0.2, -0.15) is 0 Å². The number of pyridine rings is 1. The van der Waals surface area contributed by atoms with Gasteiger partial charge in [-0.15, -0.1) is 12.4 Å². The molecule has 27 heavy (non-hydrogen) atoms. The van der Waals surface area contributed by atoms with E-state index >= 15 is 0 Å². The van der Waals surface area contributed by atoms with Gasteiger partial charge in [0.15, 0.2) is 0 Å². The molecule has 5 nitrogen and oxygen atoms in total. The van der Waals surface area contributed by atoms with Gasteiger partial charge in [0.05, 0.1) is 12.1 Å². The van der Waals surface area contributed by atoms with E-state index in [4.69, 9.17) is 11.6 Å². The summed E-state index contributed by atoms with van der Waals surface area (Å²) in [6.45, 7) is 4.89. The van der Waals surface area contributed by atoms with Gasteiger partial charge in [0.1, 0.15) is 0 Å². The normalized spacial score (nSPS) is 16.0. The van der Waals surface area contributed by atoms with Gasteiger partial charge in [0.2, 0.25) is 0 Å². The predicted molar refractivity (Wildman–Crippen MR) is 111 cm³/mol. The van der Waals surface area contributed by atoms with Crippen molar-refractivity contribution in [3.8, 4) is 0 Å². The lowest BCUT2D eigenvalue weighted by Gasteiger charge is -2.28. The fraction of sp³-hybridized carbons (Fsp3) is 0.400. The van der Waals surface area contributed by atoms with Crippen LogP contribution in [0.1, 0.15) is 35.7 Å². The lowest BCUT2D eigenvalue weighted by Crippen LogP contribution is -2.42. The molecule has 1 aromatic carbocycles. The number of halogens is 2. The minimum absolute atomic E-state index is 0. The van der Waals surface area contributed by atoms with Crippen LogP contribution < -0.4 is 10.9 Å². The lowest BCUT2D eigenvalue weighted by molar-refractivity contribution is 0.0691. The Morgan fingerprint density at radius 1 is 1.30 bits per heavy atom. The summed E-state index contributed by atoms with van der Waals surface area (Å²) in [5, 5.41) is 3.93. The molecule has 1 aromatic heterocycles. The highest BCUT2D eigenvalue weighted by molar-refractivity contribution is 6.31. The van der Waals surface area contributed by atoms with Crippen molar-refractivity contribution < 1.29 is 4.79 Å². The number of carbonyl (C=O) groups excluding carboxylic acids is 1. The molecule has 0 bridgehead atoms. The average Bonchev–Trinajstić information content (AvgIpc) is 3.17. The number of benzene rings is 1. The number of hydrogen-bond donors (Lipinski definition) is 1. The molecule has 1 aliphatic rings. The predicted octanol–water partition coefficient (Wildman–Crippen LogP) is 3.19. The molecule has 1 fully saturated rings. The molecule has 0 saturated carbocycles. The maximum Gasteiger partial charge on any atom is 0.255 e. The first kappa shape index (κ1) is 21.5. The van der Waals surface area contributed by atoms with Gasteiger partial charge in [-0.25, -0.2) is 0 Å². The van der Waals surface area contributed by atoms with E-state index in [1.54, 1.807) is 22.9 Å². The fourth-order valence-electron chi connectivity index (χ4n) is 3.35. The Morgan fingerprint density at radius 3 is 2.74 bits per heavy atom. The highest BCUT2D eigenvalue weighted by Gasteiger charge is 2.27. The van der Waals surface area contributed by atoms with E-state index in [1.165, 1.54) is 6.07 Å². The molecule has 0 spiro atoms. The van der Waals surface area contributed by atoms with E-state index in [1.807, 2.05) is 23.1 Å². The number of nitrogens with zero attached hydrogens (tertiary/aromatic N) is 2. The van der Waals surface area contributed by atoms with E-state index in [0.29, 0.717) is 17.1 Å². The van der Waals surface area contributed by atoms with E-state index < -0.39 is 0 Å². The minimum atomic E-state index is -0.147. The SMILES string of the molecule is CCCN(C(=O)c1ccc(=O)n(Cc2ccccc2Cl)c1)C1CCNC1.Cl. The van der Waals surface area contributed by atoms with Crippen LogP contribution in [0.3, 0.4) is 0 Å². The first-order valence-electron chi connectivity index (χ1n) is 9.05. The van der Waals surface area contributed by atoms with Crippen LogP contribution >= 0.6 is 24.0 Å². The fourth-order valence-corrected chi connectivity index (χ4v) is 3.55. The molecule has 0 radical (unpaired) electrons. The van der Waals surface area contributed by atoms with Crippen molar-refractivity contribution in [2.24, 2.45) is 0 Å². The lowest BCUT2D eigenvalue weighted by atomic mass is 10.1. The van der Waals surface area contributed by atoms with Gasteiger partial charge in [0.25, 0.3) is 11.5 Å². The second-order valence-corrected chi connectivity index (χ2v) is 7.03. The third-order valence-corrected chi connectivity index (χ3v) is 5.10. The molecule has 3 rings (SSSR count). The Hall–Kier alpha value is -1.82. The van der Waals surface area contributed by atoms with Crippen molar-refractivity contribution in [3.63, 3.8) is 0 Å². The summed E-state index contributed by atoms with van der Waals surface area (Å²) in [6, 6.07) is 10.7. The highest BCUT2D eigenvalue weighted by atomic mass is 35.5. The Labute approximate surface area is 170 Å². The molecule has 1 saturated heterocycles. The van der Waals surface area contributed by atoms with Crippen molar-refractivity contribution >= 4 is 29.9 Å². The minimum Gasteiger partial charge on any atom is -0.334 e. The number of amides is 1. The molecule has 7 heteroatoms. The summed E-state index contributed by atoms with van der Waals surface area (Å²) in [5.74, 6) is -0.0199. The van der Waals surface area contributed by atoms with E-state index in [2.05, 4.69) is 12.2 Å². The number of carbonyl (C=O) groups is 1. The summed E-state index contributed by atoms with van der Waals surface area (Å²) in [7, 11) is 0. The van der Waals surface area contributed by atoms with Crippen LogP contribution in [0.25, 0.3) is 0 Å². The van der Waals surface area contributed by atoms with Crippen molar-refractivity contribution in [3.05, 3.63) is 69.1 Å². The maximum absolute atomic E-state index is 13.1. The second-order valence-electron chi connectivity index (χ2n) is 6.62. The first-order chi connectivity index (χ1) is 12.6. The Bertz CT molecular complexity index is 832. The molecule has 0 aliphatic carbocycles. The highest BCUT2D eigenvalue weighted by Crippen LogP contribution is 2.17. The Balaban J connectivity index is 0.00000261. The molecule has 1 atom stereocenters. The summed E-state index contributed by atoms with van der Waals surface area (Å²) in [6.07, 6.45) is 3.52. The van der Waals surface area contributed by atoms with Crippen LogP contribution in [0.5, 0.6) is 0 Å². The quantitative estimate of drug-likeness (QED) is 0.796. The van der Waals surface area contributed by atoms with E-state index in [0.717, 1.165) is 38.0 Å². The van der Waals surface area contributed by atoms with Crippen molar-refractivity contribution in [1.29, 1.82) is 0 Å². The van der Waals surface area contributed by atoms with Crippen LogP contribution in [-0.2, 0) is 6.54 Å². The van der Waals surface area contributed by atoms with Crippen LogP contribution in [0, 0.1) is 0 Å². The summed E-state index contributed by atoms with van der Waals surface area (Å²) < 4.78 is 1.55. The van der Waals surface area contributed by atoms with Crippen LogP contribution in [0.4, 0.5) is 0 Å². The molecule has 1 N–H and O–H groups in total. The molecular formula is C20H25Cl2N3O2. The molecular weight excluding hydrogens is 385 g/mol. The third-order valence-electron chi connectivity index (χ3n) is 4.73. The standard InChI is InChI=1S/C20H24ClN3O2.ClH/c1-2-11-24(17-9-10-22-12-17)20(26)16-7-8-19(25)23(14-16)13-15-5-3-4-6-18(15)21;/h3-8,14,17,22H,2,9-13H2,1H3;1H. The van der Waals surface area contributed by atoms with Gasteiger partial charge in [0, 0.05) is 36.4 Å².